The van der Waals surface area contributed by atoms with E-state index in [0.717, 1.165) is 24.3 Å². The van der Waals surface area contributed by atoms with Gasteiger partial charge < -0.3 is 10.6 Å². The minimum absolute atomic E-state index is 0.713. The number of fused-ring (bicyclic) bond motifs is 1. The molecule has 0 aromatic heterocycles. The minimum atomic E-state index is 0.713. The standard InChI is InChI=1S/C16H32N2/c1-13(2)9-14(10-17)11-18-8-7-15-5-3-4-6-16(15)12-18/h13-16H,3-12,17H2,1-2H3. The van der Waals surface area contributed by atoms with Crippen molar-refractivity contribution in [3.63, 3.8) is 0 Å². The molecule has 2 heteroatoms. The summed E-state index contributed by atoms with van der Waals surface area (Å²) < 4.78 is 0. The molecule has 3 unspecified atom stereocenters. The number of hydrogen-bond donors (Lipinski definition) is 1. The van der Waals surface area contributed by atoms with Crippen LogP contribution in [0.3, 0.4) is 0 Å². The summed E-state index contributed by atoms with van der Waals surface area (Å²) >= 11 is 0. The second-order valence-corrected chi connectivity index (χ2v) is 7.08. The molecule has 0 amide bonds. The molecule has 0 aromatic carbocycles. The second kappa shape index (κ2) is 6.91. The van der Waals surface area contributed by atoms with E-state index in [0.29, 0.717) is 5.92 Å². The first-order chi connectivity index (χ1) is 8.69. The molecular formula is C16H32N2. The van der Waals surface area contributed by atoms with E-state index in [-0.39, 0.29) is 0 Å². The van der Waals surface area contributed by atoms with E-state index in [1.165, 1.54) is 58.2 Å². The molecule has 18 heavy (non-hydrogen) atoms. The van der Waals surface area contributed by atoms with Crippen LogP contribution in [0.2, 0.25) is 0 Å². The molecule has 2 nitrogen and oxygen atoms in total. The molecule has 0 aromatic rings. The first-order valence-corrected chi connectivity index (χ1v) is 8.11. The Morgan fingerprint density at radius 3 is 2.50 bits per heavy atom. The summed E-state index contributed by atoms with van der Waals surface area (Å²) in [6.45, 7) is 9.43. The highest BCUT2D eigenvalue weighted by molar-refractivity contribution is 4.84. The fraction of sp³-hybridized carbons (Fsp3) is 1.00. The zero-order valence-corrected chi connectivity index (χ0v) is 12.4. The van der Waals surface area contributed by atoms with Crippen LogP contribution in [0.15, 0.2) is 0 Å². The van der Waals surface area contributed by atoms with Gasteiger partial charge in [0, 0.05) is 13.1 Å². The highest BCUT2D eigenvalue weighted by Gasteiger charge is 2.31. The van der Waals surface area contributed by atoms with Gasteiger partial charge in [0.15, 0.2) is 0 Å². The van der Waals surface area contributed by atoms with Crippen LogP contribution in [-0.4, -0.2) is 31.1 Å². The SMILES string of the molecule is CC(C)CC(CN)CN1CCC2CCCCC2C1. The first kappa shape index (κ1) is 14.3. The van der Waals surface area contributed by atoms with Crippen molar-refractivity contribution in [1.29, 1.82) is 0 Å². The Morgan fingerprint density at radius 1 is 1.11 bits per heavy atom. The van der Waals surface area contributed by atoms with Crippen LogP contribution < -0.4 is 5.73 Å². The number of nitrogens with two attached hydrogens (primary N) is 1. The van der Waals surface area contributed by atoms with E-state index in [1.54, 1.807) is 0 Å². The molecule has 1 saturated carbocycles. The van der Waals surface area contributed by atoms with Crippen LogP contribution in [0.1, 0.15) is 52.4 Å². The Morgan fingerprint density at radius 2 is 1.83 bits per heavy atom. The third kappa shape index (κ3) is 3.96. The van der Waals surface area contributed by atoms with Gasteiger partial charge >= 0.3 is 0 Å². The van der Waals surface area contributed by atoms with Gasteiger partial charge in [-0.15, -0.1) is 0 Å². The van der Waals surface area contributed by atoms with Gasteiger partial charge in [0.05, 0.1) is 0 Å². The number of piperidine rings is 1. The van der Waals surface area contributed by atoms with E-state index >= 15 is 0 Å². The lowest BCUT2D eigenvalue weighted by Crippen LogP contribution is -2.44. The molecule has 1 aliphatic heterocycles. The molecule has 0 spiro atoms. The average Bonchev–Trinajstić information content (AvgIpc) is 2.37. The molecule has 1 saturated heterocycles. The number of likely N-dealkylation sites (tertiary alicyclic amines) is 1. The molecule has 106 valence electrons. The first-order valence-electron chi connectivity index (χ1n) is 8.11. The third-order valence-corrected chi connectivity index (χ3v) is 5.03. The summed E-state index contributed by atoms with van der Waals surface area (Å²) in [4.78, 5) is 2.71. The lowest BCUT2D eigenvalue weighted by atomic mass is 9.75. The molecular weight excluding hydrogens is 220 g/mol. The molecule has 3 atom stereocenters. The fourth-order valence-electron chi connectivity index (χ4n) is 4.12. The highest BCUT2D eigenvalue weighted by Crippen LogP contribution is 2.36. The van der Waals surface area contributed by atoms with Gasteiger partial charge in [0.2, 0.25) is 0 Å². The molecule has 2 N–H and O–H groups in total. The molecule has 1 heterocycles. The van der Waals surface area contributed by atoms with Crippen molar-refractivity contribution < 1.29 is 0 Å². The van der Waals surface area contributed by atoms with Crippen molar-refractivity contribution in [3.8, 4) is 0 Å². The van der Waals surface area contributed by atoms with Crippen molar-refractivity contribution in [3.05, 3.63) is 0 Å². The summed E-state index contributed by atoms with van der Waals surface area (Å²) in [5.41, 5.74) is 5.94. The van der Waals surface area contributed by atoms with Crippen molar-refractivity contribution >= 4 is 0 Å². The summed E-state index contributed by atoms with van der Waals surface area (Å²) in [7, 11) is 0. The van der Waals surface area contributed by atoms with Gasteiger partial charge in [-0.1, -0.05) is 33.1 Å². The Balaban J connectivity index is 1.79. The Labute approximate surface area is 113 Å². The molecule has 1 aliphatic carbocycles. The predicted molar refractivity (Wildman–Crippen MR) is 78.5 cm³/mol. The predicted octanol–water partition coefficient (Wildman–Crippen LogP) is 3.12. The Kier molecular flexibility index (Phi) is 5.50. The van der Waals surface area contributed by atoms with Crippen LogP contribution in [0.5, 0.6) is 0 Å². The molecule has 2 fully saturated rings. The summed E-state index contributed by atoms with van der Waals surface area (Å²) in [5, 5.41) is 0. The minimum Gasteiger partial charge on any atom is -0.330 e. The monoisotopic (exact) mass is 252 g/mol. The van der Waals surface area contributed by atoms with Crippen LogP contribution >= 0.6 is 0 Å². The van der Waals surface area contributed by atoms with Gasteiger partial charge in [0.1, 0.15) is 0 Å². The van der Waals surface area contributed by atoms with E-state index in [2.05, 4.69) is 18.7 Å². The largest absolute Gasteiger partial charge is 0.330 e. The van der Waals surface area contributed by atoms with Crippen LogP contribution in [0, 0.1) is 23.7 Å². The van der Waals surface area contributed by atoms with E-state index in [1.807, 2.05) is 0 Å². The zero-order chi connectivity index (χ0) is 13.0. The molecule has 0 bridgehead atoms. The summed E-state index contributed by atoms with van der Waals surface area (Å²) in [5.74, 6) is 3.55. The lowest BCUT2D eigenvalue weighted by Gasteiger charge is -2.42. The van der Waals surface area contributed by atoms with Crippen molar-refractivity contribution in [2.45, 2.75) is 52.4 Å². The van der Waals surface area contributed by atoms with Crippen molar-refractivity contribution in [2.24, 2.45) is 29.4 Å². The van der Waals surface area contributed by atoms with Gasteiger partial charge in [-0.25, -0.2) is 0 Å². The fourth-order valence-corrected chi connectivity index (χ4v) is 4.12. The molecule has 0 radical (unpaired) electrons. The zero-order valence-electron chi connectivity index (χ0n) is 12.4. The van der Waals surface area contributed by atoms with E-state index in [4.69, 9.17) is 5.73 Å². The van der Waals surface area contributed by atoms with Crippen molar-refractivity contribution in [1.82, 2.24) is 4.90 Å². The maximum Gasteiger partial charge on any atom is 0.00219 e. The molecule has 2 rings (SSSR count). The average molecular weight is 252 g/mol. The Hall–Kier alpha value is -0.0800. The maximum absolute atomic E-state index is 5.94. The molecule has 2 aliphatic rings. The van der Waals surface area contributed by atoms with Crippen LogP contribution in [0.25, 0.3) is 0 Å². The van der Waals surface area contributed by atoms with E-state index < -0.39 is 0 Å². The number of nitrogens with zero attached hydrogens (tertiary/aromatic N) is 1. The highest BCUT2D eigenvalue weighted by atomic mass is 15.1. The topological polar surface area (TPSA) is 29.3 Å². The lowest BCUT2D eigenvalue weighted by molar-refractivity contribution is 0.0738. The third-order valence-electron chi connectivity index (χ3n) is 5.03. The second-order valence-electron chi connectivity index (χ2n) is 7.08. The number of hydrogen-bond acceptors (Lipinski definition) is 2. The Bertz CT molecular complexity index is 239. The number of rotatable bonds is 5. The normalized spacial score (nSPS) is 31.3. The van der Waals surface area contributed by atoms with E-state index in [9.17, 15) is 0 Å². The van der Waals surface area contributed by atoms with Crippen LogP contribution in [0.4, 0.5) is 0 Å². The van der Waals surface area contributed by atoms with Crippen molar-refractivity contribution in [2.75, 3.05) is 26.2 Å². The van der Waals surface area contributed by atoms with Gasteiger partial charge in [0.25, 0.3) is 0 Å². The van der Waals surface area contributed by atoms with Gasteiger partial charge in [-0.05, 0) is 56.0 Å². The van der Waals surface area contributed by atoms with Gasteiger partial charge in [-0.2, -0.15) is 0 Å². The summed E-state index contributed by atoms with van der Waals surface area (Å²) in [6.07, 6.45) is 8.69. The maximum atomic E-state index is 5.94. The summed E-state index contributed by atoms with van der Waals surface area (Å²) in [6, 6.07) is 0. The van der Waals surface area contributed by atoms with Gasteiger partial charge in [-0.3, -0.25) is 0 Å². The smallest absolute Gasteiger partial charge is 0.00219 e. The quantitative estimate of drug-likeness (QED) is 0.814. The van der Waals surface area contributed by atoms with Crippen LogP contribution in [-0.2, 0) is 0 Å².